The molecule has 1 aliphatic rings. The second-order valence-electron chi connectivity index (χ2n) is 4.59. The summed E-state index contributed by atoms with van der Waals surface area (Å²) in [5, 5.41) is 1.35. The summed E-state index contributed by atoms with van der Waals surface area (Å²) in [6, 6.07) is 0.279. The van der Waals surface area contributed by atoms with Crippen LogP contribution in [0, 0.1) is 9.49 Å². The zero-order valence-electron chi connectivity index (χ0n) is 10.1. The minimum absolute atomic E-state index is 0.00224. The van der Waals surface area contributed by atoms with Gasteiger partial charge in [0.15, 0.2) is 0 Å². The number of hydrogen-bond acceptors (Lipinski definition) is 4. The van der Waals surface area contributed by atoms with Crippen LogP contribution in [0.15, 0.2) is 12.5 Å². The summed E-state index contributed by atoms with van der Waals surface area (Å²) < 4.78 is 7.87. The van der Waals surface area contributed by atoms with Gasteiger partial charge in [0.2, 0.25) is 0 Å². The summed E-state index contributed by atoms with van der Waals surface area (Å²) in [7, 11) is 1.43. The number of methoxy groups -OCH3 is 1. The number of nitrogens with zero attached hydrogens (tertiary/aromatic N) is 3. The number of carbonyl (C=O) groups excluding carboxylic acids is 1. The van der Waals surface area contributed by atoms with Crippen molar-refractivity contribution in [1.29, 1.82) is 0 Å². The van der Waals surface area contributed by atoms with E-state index in [9.17, 15) is 4.79 Å². The van der Waals surface area contributed by atoms with E-state index in [1.807, 2.05) is 6.20 Å². The molecule has 7 heteroatoms. The minimum Gasteiger partial charge on any atom is -0.469 e. The van der Waals surface area contributed by atoms with Crippen molar-refractivity contribution in [3.63, 3.8) is 0 Å². The van der Waals surface area contributed by atoms with E-state index in [2.05, 4.69) is 37.1 Å². The van der Waals surface area contributed by atoms with Gasteiger partial charge < -0.3 is 9.30 Å². The Labute approximate surface area is 128 Å². The van der Waals surface area contributed by atoms with Crippen molar-refractivity contribution in [2.24, 2.45) is 5.92 Å². The Kier molecular flexibility index (Phi) is 3.38. The van der Waals surface area contributed by atoms with Gasteiger partial charge in [-0.3, -0.25) is 4.79 Å². The fourth-order valence-corrected chi connectivity index (χ4v) is 3.64. The van der Waals surface area contributed by atoms with Gasteiger partial charge in [-0.1, -0.05) is 11.6 Å². The lowest BCUT2D eigenvalue weighted by molar-refractivity contribution is -0.149. The average Bonchev–Trinajstić information content (AvgIpc) is 2.66. The molecule has 1 fully saturated rings. The van der Waals surface area contributed by atoms with Gasteiger partial charge in [0, 0.05) is 15.8 Å². The van der Waals surface area contributed by atoms with Gasteiger partial charge in [0.05, 0.1) is 18.4 Å². The Balaban J connectivity index is 1.92. The third kappa shape index (κ3) is 2.10. The highest BCUT2D eigenvalue weighted by Crippen LogP contribution is 2.41. The van der Waals surface area contributed by atoms with Crippen molar-refractivity contribution in [3.8, 4) is 0 Å². The van der Waals surface area contributed by atoms with Crippen LogP contribution in [0.5, 0.6) is 0 Å². The van der Waals surface area contributed by atoms with E-state index in [0.29, 0.717) is 5.15 Å². The summed E-state index contributed by atoms with van der Waals surface area (Å²) in [5.41, 5.74) is 0.831. The SMILES string of the molecule is COC(=O)[C@H]1C[C@@H](n2cc(I)c3c(Cl)ncnc32)C1. The highest BCUT2D eigenvalue weighted by atomic mass is 127. The molecule has 19 heavy (non-hydrogen) atoms. The molecule has 0 bridgehead atoms. The summed E-state index contributed by atoms with van der Waals surface area (Å²) in [4.78, 5) is 19.7. The molecule has 0 atom stereocenters. The molecule has 0 radical (unpaired) electrons. The molecule has 3 rings (SSSR count). The van der Waals surface area contributed by atoms with Crippen LogP contribution in [0.3, 0.4) is 0 Å². The van der Waals surface area contributed by atoms with Gasteiger partial charge in [-0.25, -0.2) is 9.97 Å². The molecule has 2 aromatic heterocycles. The Morgan fingerprint density at radius 1 is 1.53 bits per heavy atom. The molecule has 0 unspecified atom stereocenters. The van der Waals surface area contributed by atoms with E-state index in [1.165, 1.54) is 13.4 Å². The highest BCUT2D eigenvalue weighted by Gasteiger charge is 2.37. The molecule has 100 valence electrons. The maximum Gasteiger partial charge on any atom is 0.308 e. The van der Waals surface area contributed by atoms with Gasteiger partial charge in [-0.05, 0) is 35.4 Å². The van der Waals surface area contributed by atoms with Crippen LogP contribution in [-0.2, 0) is 9.53 Å². The normalized spacial score (nSPS) is 22.3. The molecule has 0 aromatic carbocycles. The largest absolute Gasteiger partial charge is 0.469 e. The van der Waals surface area contributed by atoms with Gasteiger partial charge >= 0.3 is 5.97 Å². The lowest BCUT2D eigenvalue weighted by atomic mass is 9.80. The van der Waals surface area contributed by atoms with Crippen molar-refractivity contribution in [2.75, 3.05) is 7.11 Å². The molecule has 2 aromatic rings. The van der Waals surface area contributed by atoms with E-state index in [1.54, 1.807) is 0 Å². The Bertz CT molecular complexity index is 652. The average molecular weight is 392 g/mol. The topological polar surface area (TPSA) is 57.0 Å². The number of hydrogen-bond donors (Lipinski definition) is 0. The number of carbonyl (C=O) groups is 1. The van der Waals surface area contributed by atoms with Gasteiger partial charge in [-0.15, -0.1) is 0 Å². The molecule has 0 saturated heterocycles. The number of aromatic nitrogens is 3. The molecular formula is C12H11ClIN3O2. The maximum atomic E-state index is 11.4. The molecule has 1 aliphatic carbocycles. The van der Waals surface area contributed by atoms with Crippen molar-refractivity contribution >= 4 is 51.2 Å². The fraction of sp³-hybridized carbons (Fsp3) is 0.417. The van der Waals surface area contributed by atoms with E-state index >= 15 is 0 Å². The predicted octanol–water partition coefficient (Wildman–Crippen LogP) is 2.81. The Hall–Kier alpha value is -0.890. The van der Waals surface area contributed by atoms with E-state index in [-0.39, 0.29) is 17.9 Å². The highest BCUT2D eigenvalue weighted by molar-refractivity contribution is 14.1. The fourth-order valence-electron chi connectivity index (χ4n) is 2.46. The Morgan fingerprint density at radius 3 is 2.95 bits per heavy atom. The zero-order valence-corrected chi connectivity index (χ0v) is 13.1. The van der Waals surface area contributed by atoms with Crippen LogP contribution < -0.4 is 0 Å². The number of ether oxygens (including phenoxy) is 1. The molecule has 1 saturated carbocycles. The lowest BCUT2D eigenvalue weighted by Crippen LogP contribution is -2.33. The van der Waals surface area contributed by atoms with Crippen LogP contribution in [0.2, 0.25) is 5.15 Å². The summed E-state index contributed by atoms with van der Waals surface area (Å²) in [6.07, 6.45) is 5.06. The third-order valence-corrected chi connectivity index (χ3v) is 4.66. The summed E-state index contributed by atoms with van der Waals surface area (Å²) in [5.74, 6) is -0.127. The van der Waals surface area contributed by atoms with E-state index in [0.717, 1.165) is 27.4 Å². The quantitative estimate of drug-likeness (QED) is 0.449. The smallest absolute Gasteiger partial charge is 0.308 e. The van der Waals surface area contributed by atoms with Crippen molar-refractivity contribution in [3.05, 3.63) is 21.2 Å². The van der Waals surface area contributed by atoms with Crippen LogP contribution in [-0.4, -0.2) is 27.6 Å². The lowest BCUT2D eigenvalue weighted by Gasteiger charge is -2.34. The first-order chi connectivity index (χ1) is 9.11. The number of fused-ring (bicyclic) bond motifs is 1. The minimum atomic E-state index is -0.130. The predicted molar refractivity (Wildman–Crippen MR) is 79.0 cm³/mol. The van der Waals surface area contributed by atoms with Gasteiger partial charge in [0.1, 0.15) is 17.1 Å². The molecule has 0 N–H and O–H groups in total. The second kappa shape index (κ2) is 4.90. The standard InChI is InChI=1S/C12H11ClIN3O2/c1-19-12(18)6-2-7(3-6)17-4-8(14)9-10(13)15-5-16-11(9)17/h4-7H,2-3H2,1H3/t6-,7+. The first kappa shape index (κ1) is 13.1. The van der Waals surface area contributed by atoms with Crippen LogP contribution in [0.1, 0.15) is 18.9 Å². The monoisotopic (exact) mass is 391 g/mol. The zero-order chi connectivity index (χ0) is 13.6. The summed E-state index contributed by atoms with van der Waals surface area (Å²) in [6.45, 7) is 0. The molecule has 0 aliphatic heterocycles. The Morgan fingerprint density at radius 2 is 2.26 bits per heavy atom. The first-order valence-corrected chi connectivity index (χ1v) is 7.32. The molecule has 5 nitrogen and oxygen atoms in total. The number of esters is 1. The third-order valence-electron chi connectivity index (χ3n) is 3.56. The van der Waals surface area contributed by atoms with Gasteiger partial charge in [-0.2, -0.15) is 0 Å². The molecular weight excluding hydrogens is 381 g/mol. The first-order valence-electron chi connectivity index (χ1n) is 5.86. The maximum absolute atomic E-state index is 11.4. The van der Waals surface area contributed by atoms with Crippen LogP contribution >= 0.6 is 34.2 Å². The second-order valence-corrected chi connectivity index (χ2v) is 6.11. The number of rotatable bonds is 2. The van der Waals surface area contributed by atoms with Crippen molar-refractivity contribution in [2.45, 2.75) is 18.9 Å². The number of halogens is 2. The van der Waals surface area contributed by atoms with E-state index in [4.69, 9.17) is 16.3 Å². The van der Waals surface area contributed by atoms with E-state index < -0.39 is 0 Å². The van der Waals surface area contributed by atoms with Crippen molar-refractivity contribution in [1.82, 2.24) is 14.5 Å². The molecule has 0 spiro atoms. The van der Waals surface area contributed by atoms with Crippen LogP contribution in [0.4, 0.5) is 0 Å². The van der Waals surface area contributed by atoms with Crippen LogP contribution in [0.25, 0.3) is 11.0 Å². The summed E-state index contributed by atoms with van der Waals surface area (Å²) >= 11 is 8.33. The van der Waals surface area contributed by atoms with Crippen molar-refractivity contribution < 1.29 is 9.53 Å². The van der Waals surface area contributed by atoms with Gasteiger partial charge in [0.25, 0.3) is 0 Å². The molecule has 0 amide bonds. The molecule has 2 heterocycles.